The fourth-order valence-electron chi connectivity index (χ4n) is 2.87. The van der Waals surface area contributed by atoms with Crippen LogP contribution in [0.15, 0.2) is 42.5 Å². The molecule has 0 spiro atoms. The predicted octanol–water partition coefficient (Wildman–Crippen LogP) is 2.78. The van der Waals surface area contributed by atoms with Gasteiger partial charge in [0.1, 0.15) is 11.3 Å². The fraction of sp³-hybridized carbons (Fsp3) is 0.188. The average Bonchev–Trinajstić information content (AvgIpc) is 2.93. The summed E-state index contributed by atoms with van der Waals surface area (Å²) in [5, 5.41) is 2.45. The lowest BCUT2D eigenvalue weighted by Crippen LogP contribution is -2.43. The maximum atomic E-state index is 13.2. The van der Waals surface area contributed by atoms with Gasteiger partial charge in [0.2, 0.25) is 15.9 Å². The number of carbonyl (C=O) groups is 1. The predicted molar refractivity (Wildman–Crippen MR) is 99.6 cm³/mol. The molecule has 2 aromatic carbocycles. The number of halogens is 2. The molecule has 25 heavy (non-hydrogen) atoms. The summed E-state index contributed by atoms with van der Waals surface area (Å²) in [6, 6.07) is 10.1. The van der Waals surface area contributed by atoms with Gasteiger partial charge in [-0.3, -0.25) is 9.10 Å². The zero-order valence-corrected chi connectivity index (χ0v) is 15.4. The van der Waals surface area contributed by atoms with Crippen LogP contribution in [0.2, 0.25) is 10.0 Å². The highest BCUT2D eigenvalue weighted by Crippen LogP contribution is 2.42. The summed E-state index contributed by atoms with van der Waals surface area (Å²) in [6.45, 7) is 0. The molecule has 2 atom stereocenters. The van der Waals surface area contributed by atoms with Crippen molar-refractivity contribution in [2.45, 2.75) is 11.3 Å². The Morgan fingerprint density at radius 2 is 1.84 bits per heavy atom. The molecular formula is C16H15Cl2N3O3S. The number of carbonyl (C=O) groups excluding carboxylic acids is 1. The van der Waals surface area contributed by atoms with Crippen molar-refractivity contribution in [3.63, 3.8) is 0 Å². The molecule has 9 heteroatoms. The van der Waals surface area contributed by atoms with E-state index in [9.17, 15) is 13.2 Å². The molecule has 0 aromatic heterocycles. The molecule has 0 saturated carbocycles. The van der Waals surface area contributed by atoms with Gasteiger partial charge in [-0.2, -0.15) is 0 Å². The Morgan fingerprint density at radius 1 is 1.16 bits per heavy atom. The molecule has 132 valence electrons. The van der Waals surface area contributed by atoms with Crippen LogP contribution in [0.5, 0.6) is 0 Å². The van der Waals surface area contributed by atoms with Gasteiger partial charge >= 0.3 is 0 Å². The average molecular weight is 400 g/mol. The number of nitrogens with two attached hydrogens (primary N) is 1. The molecule has 3 N–H and O–H groups in total. The Morgan fingerprint density at radius 3 is 2.48 bits per heavy atom. The number of primary amides is 1. The van der Waals surface area contributed by atoms with Gasteiger partial charge < -0.3 is 11.1 Å². The monoisotopic (exact) mass is 399 g/mol. The van der Waals surface area contributed by atoms with Gasteiger partial charge in [0, 0.05) is 22.8 Å². The summed E-state index contributed by atoms with van der Waals surface area (Å²) in [6.07, 6.45) is 0. The number of rotatable bonds is 4. The SMILES string of the molecule is CN(c1cccc(Cl)c1)S(=O)(=O)C1c2cc(Cl)ccc2NC1C(N)=O. The third kappa shape index (κ3) is 3.15. The van der Waals surface area contributed by atoms with Crippen LogP contribution < -0.4 is 15.4 Å². The molecule has 2 unspecified atom stereocenters. The summed E-state index contributed by atoms with van der Waals surface area (Å²) in [4.78, 5) is 11.8. The zero-order chi connectivity index (χ0) is 18.4. The van der Waals surface area contributed by atoms with E-state index in [1.807, 2.05) is 0 Å². The third-order valence-corrected chi connectivity index (χ3v) is 6.73. The van der Waals surface area contributed by atoms with Gasteiger partial charge in [-0.05, 0) is 42.0 Å². The van der Waals surface area contributed by atoms with E-state index in [0.29, 0.717) is 27.0 Å². The summed E-state index contributed by atoms with van der Waals surface area (Å²) < 4.78 is 27.5. The van der Waals surface area contributed by atoms with E-state index in [1.165, 1.54) is 19.2 Å². The van der Waals surface area contributed by atoms with Gasteiger partial charge in [0.05, 0.1) is 5.69 Å². The van der Waals surface area contributed by atoms with Crippen molar-refractivity contribution in [2.24, 2.45) is 5.73 Å². The number of fused-ring (bicyclic) bond motifs is 1. The van der Waals surface area contributed by atoms with E-state index >= 15 is 0 Å². The highest BCUT2D eigenvalue weighted by Gasteiger charge is 2.46. The molecule has 0 saturated heterocycles. The van der Waals surface area contributed by atoms with E-state index in [2.05, 4.69) is 5.32 Å². The van der Waals surface area contributed by atoms with Crippen LogP contribution >= 0.6 is 23.2 Å². The first-order valence-electron chi connectivity index (χ1n) is 7.30. The quantitative estimate of drug-likeness (QED) is 0.826. The Kier molecular flexibility index (Phi) is 4.57. The van der Waals surface area contributed by atoms with Gasteiger partial charge in [-0.1, -0.05) is 29.3 Å². The van der Waals surface area contributed by atoms with Crippen LogP contribution in [0.4, 0.5) is 11.4 Å². The normalized spacial score (nSPS) is 19.2. The number of benzene rings is 2. The van der Waals surface area contributed by atoms with Crippen LogP contribution in [-0.4, -0.2) is 27.4 Å². The minimum absolute atomic E-state index is 0.372. The van der Waals surface area contributed by atoms with Crippen LogP contribution in [0.25, 0.3) is 0 Å². The molecule has 2 aromatic rings. The molecule has 6 nitrogen and oxygen atoms in total. The lowest BCUT2D eigenvalue weighted by atomic mass is 10.1. The van der Waals surface area contributed by atoms with E-state index in [1.54, 1.807) is 30.3 Å². The van der Waals surface area contributed by atoms with Crippen molar-refractivity contribution in [1.29, 1.82) is 0 Å². The number of nitrogens with zero attached hydrogens (tertiary/aromatic N) is 1. The molecule has 0 radical (unpaired) electrons. The van der Waals surface area contributed by atoms with Crippen molar-refractivity contribution in [1.82, 2.24) is 0 Å². The zero-order valence-electron chi connectivity index (χ0n) is 13.1. The minimum atomic E-state index is -3.98. The molecule has 0 fully saturated rings. The van der Waals surface area contributed by atoms with E-state index in [0.717, 1.165) is 4.31 Å². The van der Waals surface area contributed by atoms with Crippen LogP contribution in [0.1, 0.15) is 10.8 Å². The van der Waals surface area contributed by atoms with Gasteiger partial charge in [0.15, 0.2) is 0 Å². The first-order chi connectivity index (χ1) is 11.7. The number of hydrogen-bond acceptors (Lipinski definition) is 4. The second-order valence-electron chi connectivity index (χ2n) is 5.67. The summed E-state index contributed by atoms with van der Waals surface area (Å²) in [5.41, 5.74) is 6.73. The molecule has 1 heterocycles. The highest BCUT2D eigenvalue weighted by molar-refractivity contribution is 7.93. The van der Waals surface area contributed by atoms with E-state index in [4.69, 9.17) is 28.9 Å². The van der Waals surface area contributed by atoms with Crippen molar-refractivity contribution in [3.05, 3.63) is 58.1 Å². The standard InChI is InChI=1S/C16H15Cl2N3O3S/c1-21(11-4-2-3-9(17)7-11)25(23,24)15-12-8-10(18)5-6-13(12)20-14(15)16(19)22/h2-8,14-15,20H,1H3,(H2,19,22). The Bertz CT molecular complexity index is 949. The van der Waals surface area contributed by atoms with Gasteiger partial charge in [-0.15, -0.1) is 0 Å². The van der Waals surface area contributed by atoms with Crippen molar-refractivity contribution in [3.8, 4) is 0 Å². The van der Waals surface area contributed by atoms with Crippen LogP contribution in [0, 0.1) is 0 Å². The number of anilines is 2. The smallest absolute Gasteiger partial charge is 0.244 e. The molecular weight excluding hydrogens is 385 g/mol. The first-order valence-corrected chi connectivity index (χ1v) is 9.56. The molecule has 0 bridgehead atoms. The van der Waals surface area contributed by atoms with Crippen molar-refractivity contribution < 1.29 is 13.2 Å². The highest BCUT2D eigenvalue weighted by atomic mass is 35.5. The Labute approximate surface area is 155 Å². The van der Waals surface area contributed by atoms with E-state index < -0.39 is 27.2 Å². The van der Waals surface area contributed by atoms with Gasteiger partial charge in [-0.25, -0.2) is 8.42 Å². The molecule has 3 rings (SSSR count). The molecule has 1 aliphatic rings. The number of sulfonamides is 1. The number of amides is 1. The van der Waals surface area contributed by atoms with Crippen LogP contribution in [0.3, 0.4) is 0 Å². The molecule has 0 aliphatic carbocycles. The van der Waals surface area contributed by atoms with Crippen molar-refractivity contribution in [2.75, 3.05) is 16.7 Å². The van der Waals surface area contributed by atoms with Gasteiger partial charge in [0.25, 0.3) is 0 Å². The first kappa shape index (κ1) is 17.8. The minimum Gasteiger partial charge on any atom is -0.372 e. The largest absolute Gasteiger partial charge is 0.372 e. The molecule has 1 aliphatic heterocycles. The molecule has 1 amide bonds. The Balaban J connectivity index is 2.11. The maximum absolute atomic E-state index is 13.2. The topological polar surface area (TPSA) is 92.5 Å². The third-order valence-electron chi connectivity index (χ3n) is 4.11. The lowest BCUT2D eigenvalue weighted by Gasteiger charge is -2.26. The fourth-order valence-corrected chi connectivity index (χ4v) is 5.04. The number of nitrogens with one attached hydrogen (secondary N) is 1. The van der Waals surface area contributed by atoms with Crippen molar-refractivity contribution >= 4 is 50.5 Å². The lowest BCUT2D eigenvalue weighted by molar-refractivity contribution is -0.118. The Hall–Kier alpha value is -1.96. The summed E-state index contributed by atoms with van der Waals surface area (Å²) >= 11 is 12.0. The maximum Gasteiger partial charge on any atom is 0.244 e. The van der Waals surface area contributed by atoms with Crippen LogP contribution in [-0.2, 0) is 14.8 Å². The second-order valence-corrected chi connectivity index (χ2v) is 8.63. The number of hydrogen-bond donors (Lipinski definition) is 2. The van der Waals surface area contributed by atoms with E-state index in [-0.39, 0.29) is 0 Å². The second kappa shape index (κ2) is 6.40. The summed E-state index contributed by atoms with van der Waals surface area (Å²) in [7, 11) is -2.58. The summed E-state index contributed by atoms with van der Waals surface area (Å²) in [5.74, 6) is -0.764.